The van der Waals surface area contributed by atoms with Crippen molar-refractivity contribution in [2.75, 3.05) is 0 Å². The summed E-state index contributed by atoms with van der Waals surface area (Å²) in [5.41, 5.74) is 11.5. The Morgan fingerprint density at radius 1 is 1.45 bits per heavy atom. The minimum atomic E-state index is 0.415. The van der Waals surface area contributed by atoms with Crippen molar-refractivity contribution >= 4 is 33.8 Å². The monoisotopic (exact) mass is 307 g/mol. The molecule has 0 unspecified atom stereocenters. The van der Waals surface area contributed by atoms with Gasteiger partial charge in [-0.2, -0.15) is 0 Å². The molecule has 0 amide bonds. The van der Waals surface area contributed by atoms with E-state index in [-0.39, 0.29) is 0 Å². The lowest BCUT2D eigenvalue weighted by molar-refractivity contribution is 0.302. The van der Waals surface area contributed by atoms with E-state index in [0.717, 1.165) is 27.9 Å². The summed E-state index contributed by atoms with van der Waals surface area (Å²) in [5, 5.41) is 3.63. The van der Waals surface area contributed by atoms with Gasteiger partial charge in [0.2, 0.25) is 0 Å². The second kappa shape index (κ2) is 5.44. The number of benzene rings is 1. The molecule has 0 saturated carbocycles. The van der Waals surface area contributed by atoms with Crippen LogP contribution < -0.4 is 10.5 Å². The Balaban J connectivity index is 1.93. The SMILES string of the molecule is Cc1c(CN)[nH]c2cc(OCc3cscn3)c(Cl)cc12. The lowest BCUT2D eigenvalue weighted by Crippen LogP contribution is -1.97. The fourth-order valence-electron chi connectivity index (χ4n) is 2.16. The van der Waals surface area contributed by atoms with E-state index in [1.54, 1.807) is 16.8 Å². The largest absolute Gasteiger partial charge is 0.486 e. The van der Waals surface area contributed by atoms with Crippen molar-refractivity contribution in [1.82, 2.24) is 9.97 Å². The Bertz CT molecular complexity index is 737. The number of halogens is 1. The maximum Gasteiger partial charge on any atom is 0.140 e. The Kier molecular flexibility index (Phi) is 3.65. The summed E-state index contributed by atoms with van der Waals surface area (Å²) in [6.07, 6.45) is 0. The van der Waals surface area contributed by atoms with Gasteiger partial charge in [-0.15, -0.1) is 11.3 Å². The number of thiazole rings is 1. The number of fused-ring (bicyclic) bond motifs is 1. The van der Waals surface area contributed by atoms with Crippen LogP contribution in [0.2, 0.25) is 5.02 Å². The van der Waals surface area contributed by atoms with Crippen LogP contribution in [0, 0.1) is 6.92 Å². The number of aryl methyl sites for hydroxylation is 1. The van der Waals surface area contributed by atoms with Crippen LogP contribution in [0.1, 0.15) is 17.0 Å². The zero-order valence-electron chi connectivity index (χ0n) is 10.9. The topological polar surface area (TPSA) is 63.9 Å². The second-order valence-corrected chi connectivity index (χ2v) is 5.66. The zero-order chi connectivity index (χ0) is 14.1. The summed E-state index contributed by atoms with van der Waals surface area (Å²) >= 11 is 7.83. The highest BCUT2D eigenvalue weighted by Crippen LogP contribution is 2.33. The van der Waals surface area contributed by atoms with Gasteiger partial charge < -0.3 is 15.5 Å². The van der Waals surface area contributed by atoms with E-state index in [2.05, 4.69) is 9.97 Å². The first kappa shape index (κ1) is 13.4. The predicted molar refractivity (Wildman–Crippen MR) is 82.4 cm³/mol. The maximum atomic E-state index is 6.28. The van der Waals surface area contributed by atoms with Crippen molar-refractivity contribution in [2.45, 2.75) is 20.1 Å². The first-order valence-electron chi connectivity index (χ1n) is 6.19. The predicted octanol–water partition coefficient (Wildman–Crippen LogP) is 3.62. The zero-order valence-corrected chi connectivity index (χ0v) is 12.5. The van der Waals surface area contributed by atoms with Gasteiger partial charge in [0, 0.05) is 34.6 Å². The van der Waals surface area contributed by atoms with Crippen LogP contribution in [-0.2, 0) is 13.2 Å². The third-order valence-electron chi connectivity index (χ3n) is 3.28. The lowest BCUT2D eigenvalue weighted by atomic mass is 10.1. The summed E-state index contributed by atoms with van der Waals surface area (Å²) in [7, 11) is 0. The number of aromatic nitrogens is 2. The normalized spacial score (nSPS) is 11.2. The van der Waals surface area contributed by atoms with E-state index in [1.807, 2.05) is 24.4 Å². The molecule has 1 aromatic carbocycles. The molecular weight excluding hydrogens is 294 g/mol. The van der Waals surface area contributed by atoms with E-state index in [4.69, 9.17) is 22.1 Å². The molecule has 0 saturated heterocycles. The third kappa shape index (κ3) is 2.40. The van der Waals surface area contributed by atoms with E-state index >= 15 is 0 Å². The molecule has 4 nitrogen and oxygen atoms in total. The molecule has 2 aromatic heterocycles. The van der Waals surface area contributed by atoms with Crippen LogP contribution in [0.25, 0.3) is 10.9 Å². The van der Waals surface area contributed by atoms with E-state index in [0.29, 0.717) is 23.9 Å². The van der Waals surface area contributed by atoms with Gasteiger partial charge in [-0.05, 0) is 18.6 Å². The molecule has 3 aromatic rings. The highest BCUT2D eigenvalue weighted by atomic mass is 35.5. The summed E-state index contributed by atoms with van der Waals surface area (Å²) < 4.78 is 5.73. The minimum absolute atomic E-state index is 0.415. The highest BCUT2D eigenvalue weighted by molar-refractivity contribution is 7.07. The number of nitrogens with one attached hydrogen (secondary N) is 1. The quantitative estimate of drug-likeness (QED) is 0.773. The summed E-state index contributed by atoms with van der Waals surface area (Å²) in [4.78, 5) is 7.48. The highest BCUT2D eigenvalue weighted by Gasteiger charge is 2.11. The van der Waals surface area contributed by atoms with Gasteiger partial charge in [0.15, 0.2) is 0 Å². The summed E-state index contributed by atoms with van der Waals surface area (Å²) in [5.74, 6) is 0.650. The Morgan fingerprint density at radius 3 is 3.00 bits per heavy atom. The standard InChI is InChI=1S/C14H14ClN3OS/c1-8-10-2-11(15)14(3-12(10)18-13(8)4-16)19-5-9-6-20-7-17-9/h2-3,6-7,18H,4-5,16H2,1H3. The Labute approximate surface area is 125 Å². The molecule has 0 spiro atoms. The number of nitrogens with two attached hydrogens (primary N) is 1. The molecule has 2 heterocycles. The fraction of sp³-hybridized carbons (Fsp3) is 0.214. The number of hydrogen-bond acceptors (Lipinski definition) is 4. The van der Waals surface area contributed by atoms with Gasteiger partial charge in [0.1, 0.15) is 12.4 Å². The Morgan fingerprint density at radius 2 is 2.30 bits per heavy atom. The van der Waals surface area contributed by atoms with E-state index < -0.39 is 0 Å². The number of aromatic amines is 1. The summed E-state index contributed by atoms with van der Waals surface area (Å²) in [6.45, 7) is 2.93. The van der Waals surface area contributed by atoms with Gasteiger partial charge in [-0.25, -0.2) is 4.98 Å². The lowest BCUT2D eigenvalue weighted by Gasteiger charge is -2.07. The molecule has 20 heavy (non-hydrogen) atoms. The average Bonchev–Trinajstić information content (AvgIpc) is 3.05. The van der Waals surface area contributed by atoms with Crippen LogP contribution in [0.3, 0.4) is 0 Å². The van der Waals surface area contributed by atoms with E-state index in [9.17, 15) is 0 Å². The van der Waals surface area contributed by atoms with Crippen molar-refractivity contribution in [3.05, 3.63) is 45.0 Å². The van der Waals surface area contributed by atoms with Gasteiger partial charge >= 0.3 is 0 Å². The average molecular weight is 308 g/mol. The smallest absolute Gasteiger partial charge is 0.140 e. The van der Waals surface area contributed by atoms with Crippen molar-refractivity contribution in [3.63, 3.8) is 0 Å². The maximum absolute atomic E-state index is 6.28. The molecule has 0 radical (unpaired) electrons. The van der Waals surface area contributed by atoms with Crippen LogP contribution >= 0.6 is 22.9 Å². The second-order valence-electron chi connectivity index (χ2n) is 4.53. The first-order chi connectivity index (χ1) is 9.69. The van der Waals surface area contributed by atoms with Crippen LogP contribution in [0.5, 0.6) is 5.75 Å². The Hall–Kier alpha value is -1.56. The molecule has 6 heteroatoms. The van der Waals surface area contributed by atoms with Gasteiger partial charge in [-0.3, -0.25) is 0 Å². The van der Waals surface area contributed by atoms with E-state index in [1.165, 1.54) is 0 Å². The number of nitrogens with zero attached hydrogens (tertiary/aromatic N) is 1. The van der Waals surface area contributed by atoms with Gasteiger partial charge in [-0.1, -0.05) is 11.6 Å². The number of hydrogen-bond donors (Lipinski definition) is 2. The van der Waals surface area contributed by atoms with Crippen LogP contribution in [0.4, 0.5) is 0 Å². The van der Waals surface area contributed by atoms with Crippen molar-refractivity contribution in [1.29, 1.82) is 0 Å². The number of ether oxygens (including phenoxy) is 1. The molecule has 0 aliphatic rings. The molecule has 104 valence electrons. The van der Waals surface area contributed by atoms with Crippen LogP contribution in [-0.4, -0.2) is 9.97 Å². The van der Waals surface area contributed by atoms with Gasteiger partial charge in [0.05, 0.1) is 16.2 Å². The number of rotatable bonds is 4. The molecule has 3 N–H and O–H groups in total. The fourth-order valence-corrected chi connectivity index (χ4v) is 2.92. The third-order valence-corrected chi connectivity index (χ3v) is 4.21. The molecule has 0 aliphatic heterocycles. The van der Waals surface area contributed by atoms with Gasteiger partial charge in [0.25, 0.3) is 0 Å². The summed E-state index contributed by atoms with van der Waals surface area (Å²) in [6, 6.07) is 3.83. The van der Waals surface area contributed by atoms with Crippen molar-refractivity contribution in [3.8, 4) is 5.75 Å². The molecule has 0 atom stereocenters. The molecule has 3 rings (SSSR count). The molecule has 0 bridgehead atoms. The molecular formula is C14H14ClN3OS. The molecule has 0 fully saturated rings. The number of H-pyrrole nitrogens is 1. The first-order valence-corrected chi connectivity index (χ1v) is 7.51. The van der Waals surface area contributed by atoms with Crippen molar-refractivity contribution in [2.24, 2.45) is 5.73 Å². The minimum Gasteiger partial charge on any atom is -0.486 e. The van der Waals surface area contributed by atoms with Crippen molar-refractivity contribution < 1.29 is 4.74 Å². The van der Waals surface area contributed by atoms with Crippen LogP contribution in [0.15, 0.2) is 23.0 Å². The molecule has 0 aliphatic carbocycles.